The normalized spacial score (nSPS) is 10.8. The van der Waals surface area contributed by atoms with Crippen LogP contribution in [-0.4, -0.2) is 10.2 Å². The van der Waals surface area contributed by atoms with E-state index in [9.17, 15) is 0 Å². The third-order valence-electron chi connectivity index (χ3n) is 6.45. The van der Waals surface area contributed by atoms with Crippen molar-refractivity contribution in [1.82, 2.24) is 10.2 Å². The molecule has 0 saturated carbocycles. The Bertz CT molecular complexity index is 1480. The van der Waals surface area contributed by atoms with Gasteiger partial charge in [-0.25, -0.2) is 0 Å². The first-order chi connectivity index (χ1) is 17.9. The van der Waals surface area contributed by atoms with Crippen molar-refractivity contribution < 1.29 is 0 Å². The van der Waals surface area contributed by atoms with Crippen molar-refractivity contribution >= 4 is 0 Å². The molecule has 0 aliphatic heterocycles. The van der Waals surface area contributed by atoms with Gasteiger partial charge in [0.05, 0.1) is 5.69 Å². The third-order valence-corrected chi connectivity index (χ3v) is 6.45. The predicted molar refractivity (Wildman–Crippen MR) is 149 cm³/mol. The van der Waals surface area contributed by atoms with Gasteiger partial charge in [-0.15, -0.1) is 0 Å². The van der Waals surface area contributed by atoms with Crippen LogP contribution in [0.2, 0.25) is 0 Å². The van der Waals surface area contributed by atoms with Crippen molar-refractivity contribution in [2.24, 2.45) is 0 Å². The highest BCUT2D eigenvalue weighted by atomic mass is 15.1. The van der Waals surface area contributed by atoms with Gasteiger partial charge in [0.2, 0.25) is 0 Å². The highest BCUT2D eigenvalue weighted by Gasteiger charge is 2.23. The molecule has 6 rings (SSSR count). The van der Waals surface area contributed by atoms with Crippen molar-refractivity contribution in [3.63, 3.8) is 0 Å². The Morgan fingerprint density at radius 1 is 0.361 bits per heavy atom. The summed E-state index contributed by atoms with van der Waals surface area (Å²) in [6.45, 7) is 0. The van der Waals surface area contributed by atoms with E-state index in [-0.39, 0.29) is 0 Å². The summed E-state index contributed by atoms with van der Waals surface area (Å²) in [6, 6.07) is 48.9. The van der Waals surface area contributed by atoms with Gasteiger partial charge in [-0.3, -0.25) is 0 Å². The number of hydrogen-bond acceptors (Lipinski definition) is 2. The minimum absolute atomic E-state index is 0.852. The first kappa shape index (κ1) is 21.7. The van der Waals surface area contributed by atoms with Gasteiger partial charge in [0.15, 0.2) is 0 Å². The molecule has 1 aromatic heterocycles. The van der Waals surface area contributed by atoms with Crippen LogP contribution < -0.4 is 0 Å². The van der Waals surface area contributed by atoms with E-state index in [0.29, 0.717) is 0 Å². The highest BCUT2D eigenvalue weighted by molar-refractivity contribution is 6.06. The molecule has 36 heavy (non-hydrogen) atoms. The van der Waals surface area contributed by atoms with E-state index < -0.39 is 0 Å². The lowest BCUT2D eigenvalue weighted by Gasteiger charge is -2.24. The maximum atomic E-state index is 4.56. The fourth-order valence-corrected chi connectivity index (χ4v) is 4.88. The average molecular weight is 461 g/mol. The van der Waals surface area contributed by atoms with Crippen molar-refractivity contribution in [2.45, 2.75) is 0 Å². The zero-order chi connectivity index (χ0) is 24.2. The molecule has 0 spiro atoms. The summed E-state index contributed by atoms with van der Waals surface area (Å²) in [5.41, 5.74) is 11.3. The summed E-state index contributed by atoms with van der Waals surface area (Å²) in [7, 11) is 0. The van der Waals surface area contributed by atoms with E-state index >= 15 is 0 Å². The second kappa shape index (κ2) is 9.81. The molecule has 0 fully saturated rings. The molecule has 0 saturated heterocycles. The lowest BCUT2D eigenvalue weighted by Crippen LogP contribution is -1.99. The standard InChI is InChI=1S/C34H24N2/c1-5-14-25(15-6-1)29-24-30(31-22-13-23-35-36-31)33(27-18-9-3-10-19-27)34(28-20-11-4-12-21-28)32(29)26-16-7-2-8-17-26/h1-24H. The number of rotatable bonds is 5. The largest absolute Gasteiger partial charge is 0.159 e. The van der Waals surface area contributed by atoms with E-state index in [1.54, 1.807) is 6.20 Å². The Kier molecular flexibility index (Phi) is 5.91. The Balaban J connectivity index is 1.84. The molecule has 0 aliphatic rings. The average Bonchev–Trinajstić information content (AvgIpc) is 2.98. The maximum Gasteiger partial charge on any atom is 0.0936 e. The van der Waals surface area contributed by atoms with Crippen LogP contribution >= 0.6 is 0 Å². The van der Waals surface area contributed by atoms with Crippen LogP contribution in [0, 0.1) is 0 Å². The van der Waals surface area contributed by atoms with E-state index in [4.69, 9.17) is 0 Å². The van der Waals surface area contributed by atoms with Gasteiger partial charge in [-0.05, 0) is 62.7 Å². The molecule has 0 N–H and O–H groups in total. The van der Waals surface area contributed by atoms with Gasteiger partial charge in [-0.1, -0.05) is 121 Å². The topological polar surface area (TPSA) is 25.8 Å². The number of hydrogen-bond donors (Lipinski definition) is 0. The van der Waals surface area contributed by atoms with Gasteiger partial charge >= 0.3 is 0 Å². The first-order valence-corrected chi connectivity index (χ1v) is 12.1. The summed E-state index contributed by atoms with van der Waals surface area (Å²) in [4.78, 5) is 0. The maximum absolute atomic E-state index is 4.56. The molecule has 0 aliphatic carbocycles. The number of benzene rings is 5. The summed E-state index contributed by atoms with van der Waals surface area (Å²) in [5.74, 6) is 0. The molecule has 0 amide bonds. The van der Waals surface area contributed by atoms with Crippen molar-refractivity contribution in [2.75, 3.05) is 0 Å². The molecule has 2 nitrogen and oxygen atoms in total. The van der Waals surface area contributed by atoms with Crippen LogP contribution in [0.3, 0.4) is 0 Å². The van der Waals surface area contributed by atoms with Gasteiger partial charge < -0.3 is 0 Å². The Morgan fingerprint density at radius 3 is 1.28 bits per heavy atom. The zero-order valence-electron chi connectivity index (χ0n) is 19.8. The lowest BCUT2D eigenvalue weighted by molar-refractivity contribution is 1.04. The summed E-state index contributed by atoms with van der Waals surface area (Å²) >= 11 is 0. The van der Waals surface area contributed by atoms with Gasteiger partial charge in [0.25, 0.3) is 0 Å². The Morgan fingerprint density at radius 2 is 0.806 bits per heavy atom. The fraction of sp³-hybridized carbons (Fsp3) is 0. The Hall–Kier alpha value is -4.82. The smallest absolute Gasteiger partial charge is 0.0936 e. The molecular formula is C34H24N2. The van der Waals surface area contributed by atoms with Crippen LogP contribution in [0.25, 0.3) is 55.8 Å². The molecule has 0 unspecified atom stereocenters. The van der Waals surface area contributed by atoms with Crippen molar-refractivity contribution in [1.29, 1.82) is 0 Å². The molecule has 0 radical (unpaired) electrons. The lowest BCUT2D eigenvalue weighted by atomic mass is 9.79. The van der Waals surface area contributed by atoms with E-state index in [1.165, 1.54) is 27.8 Å². The first-order valence-electron chi connectivity index (χ1n) is 12.1. The molecule has 1 heterocycles. The predicted octanol–water partition coefficient (Wildman–Crippen LogP) is 8.81. The van der Waals surface area contributed by atoms with E-state index in [0.717, 1.165) is 27.9 Å². The molecule has 0 bridgehead atoms. The molecular weight excluding hydrogens is 436 g/mol. The third kappa shape index (κ3) is 4.10. The minimum atomic E-state index is 0.852. The van der Waals surface area contributed by atoms with Crippen molar-refractivity contribution in [3.8, 4) is 55.8 Å². The van der Waals surface area contributed by atoms with Crippen LogP contribution in [0.4, 0.5) is 0 Å². The zero-order valence-corrected chi connectivity index (χ0v) is 19.8. The molecule has 6 aromatic rings. The van der Waals surface area contributed by atoms with Gasteiger partial charge in [-0.2, -0.15) is 10.2 Å². The fourth-order valence-electron chi connectivity index (χ4n) is 4.88. The van der Waals surface area contributed by atoms with Gasteiger partial charge in [0, 0.05) is 11.8 Å². The SMILES string of the molecule is c1ccc(-c2cc(-c3cccnn3)c(-c3ccccc3)c(-c3ccccc3)c2-c2ccccc2)cc1. The number of aromatic nitrogens is 2. The second-order valence-electron chi connectivity index (χ2n) is 8.67. The summed E-state index contributed by atoms with van der Waals surface area (Å²) in [5, 5.41) is 8.79. The van der Waals surface area contributed by atoms with Crippen LogP contribution in [0.15, 0.2) is 146 Å². The Labute approximate surface area is 211 Å². The summed E-state index contributed by atoms with van der Waals surface area (Å²) in [6.07, 6.45) is 1.72. The van der Waals surface area contributed by atoms with Crippen LogP contribution in [0.5, 0.6) is 0 Å². The molecule has 2 heteroatoms. The molecule has 170 valence electrons. The molecule has 0 atom stereocenters. The second-order valence-corrected chi connectivity index (χ2v) is 8.67. The summed E-state index contributed by atoms with van der Waals surface area (Å²) < 4.78 is 0. The van der Waals surface area contributed by atoms with Crippen molar-refractivity contribution in [3.05, 3.63) is 146 Å². The highest BCUT2D eigenvalue weighted by Crippen LogP contribution is 2.49. The van der Waals surface area contributed by atoms with Gasteiger partial charge in [0.1, 0.15) is 0 Å². The van der Waals surface area contributed by atoms with Crippen LogP contribution in [-0.2, 0) is 0 Å². The van der Waals surface area contributed by atoms with E-state index in [1.807, 2.05) is 12.1 Å². The van der Waals surface area contributed by atoms with Crippen LogP contribution in [0.1, 0.15) is 0 Å². The molecule has 5 aromatic carbocycles. The minimum Gasteiger partial charge on any atom is -0.159 e. The van der Waals surface area contributed by atoms with E-state index in [2.05, 4.69) is 138 Å². The quantitative estimate of drug-likeness (QED) is 0.257. The number of nitrogens with zero attached hydrogens (tertiary/aromatic N) is 2. The monoisotopic (exact) mass is 460 g/mol.